The normalized spacial score (nSPS) is 10.9. The lowest BCUT2D eigenvalue weighted by atomic mass is 10.2. The average molecular weight is 369 g/mol. The van der Waals surface area contributed by atoms with Gasteiger partial charge in [-0.15, -0.1) is 0 Å². The molecule has 27 heavy (non-hydrogen) atoms. The number of aromatic nitrogens is 2. The Hall–Kier alpha value is -3.22. The van der Waals surface area contributed by atoms with Crippen LogP contribution in [0.3, 0.4) is 0 Å². The minimum atomic E-state index is -0.445. The summed E-state index contributed by atoms with van der Waals surface area (Å²) >= 11 is 0. The molecule has 140 valence electrons. The largest absolute Gasteiger partial charge is 0.352 e. The van der Waals surface area contributed by atoms with Gasteiger partial charge in [-0.25, -0.2) is 9.18 Å². The smallest absolute Gasteiger partial charge is 0.328 e. The number of H-pyrrole nitrogens is 1. The van der Waals surface area contributed by atoms with Crippen LogP contribution in [0, 0.1) is 5.82 Å². The molecule has 0 spiro atoms. The van der Waals surface area contributed by atoms with E-state index in [-0.39, 0.29) is 23.8 Å². The third-order valence-electron chi connectivity index (χ3n) is 4.33. The van der Waals surface area contributed by atoms with E-state index in [0.717, 1.165) is 5.56 Å². The first-order valence-electron chi connectivity index (χ1n) is 8.77. The van der Waals surface area contributed by atoms with Crippen LogP contribution in [-0.2, 0) is 17.9 Å². The Morgan fingerprint density at radius 2 is 1.78 bits per heavy atom. The lowest BCUT2D eigenvalue weighted by molar-refractivity contribution is -0.121. The van der Waals surface area contributed by atoms with Crippen LogP contribution in [0.5, 0.6) is 0 Å². The van der Waals surface area contributed by atoms with Crippen LogP contribution in [0.15, 0.2) is 58.1 Å². The molecule has 2 N–H and O–H groups in total. The van der Waals surface area contributed by atoms with E-state index in [1.54, 1.807) is 36.4 Å². The van der Waals surface area contributed by atoms with Crippen molar-refractivity contribution in [3.05, 3.63) is 80.7 Å². The van der Waals surface area contributed by atoms with Gasteiger partial charge in [0.1, 0.15) is 5.82 Å². The van der Waals surface area contributed by atoms with Crippen LogP contribution < -0.4 is 16.6 Å². The Kier molecular flexibility index (Phi) is 5.80. The summed E-state index contributed by atoms with van der Waals surface area (Å²) in [6.45, 7) is 0.590. The van der Waals surface area contributed by atoms with Crippen LogP contribution in [0.1, 0.15) is 24.8 Å². The zero-order valence-corrected chi connectivity index (χ0v) is 14.7. The van der Waals surface area contributed by atoms with Crippen molar-refractivity contribution in [3.63, 3.8) is 0 Å². The van der Waals surface area contributed by atoms with Crippen molar-refractivity contribution in [2.24, 2.45) is 0 Å². The summed E-state index contributed by atoms with van der Waals surface area (Å²) in [7, 11) is 0. The van der Waals surface area contributed by atoms with Crippen LogP contribution in [0.2, 0.25) is 0 Å². The Balaban J connectivity index is 1.49. The highest BCUT2D eigenvalue weighted by Crippen LogP contribution is 2.05. The van der Waals surface area contributed by atoms with Crippen molar-refractivity contribution in [3.8, 4) is 0 Å². The molecule has 0 saturated carbocycles. The molecule has 3 rings (SSSR count). The predicted molar refractivity (Wildman–Crippen MR) is 101 cm³/mol. The molecule has 3 aromatic rings. The fourth-order valence-corrected chi connectivity index (χ4v) is 2.85. The first-order chi connectivity index (χ1) is 13.0. The fraction of sp³-hybridized carbons (Fsp3) is 0.250. The molecule has 1 amide bonds. The number of unbranched alkanes of at least 4 members (excludes halogenated alkanes) is 1. The number of carbonyl (C=O) groups excluding carboxylic acids is 1. The minimum absolute atomic E-state index is 0.126. The highest BCUT2D eigenvalue weighted by molar-refractivity contribution is 5.77. The summed E-state index contributed by atoms with van der Waals surface area (Å²) in [5.41, 5.74) is 0.567. The van der Waals surface area contributed by atoms with Crippen LogP contribution in [0.25, 0.3) is 10.9 Å². The summed E-state index contributed by atoms with van der Waals surface area (Å²) in [4.78, 5) is 39.0. The number of benzene rings is 2. The zero-order chi connectivity index (χ0) is 19.2. The summed E-state index contributed by atoms with van der Waals surface area (Å²) in [6, 6.07) is 12.8. The molecule has 0 aliphatic heterocycles. The van der Waals surface area contributed by atoms with E-state index in [1.807, 2.05) is 0 Å². The maximum Gasteiger partial charge on any atom is 0.328 e. The average Bonchev–Trinajstić information content (AvgIpc) is 2.67. The number of para-hydroxylation sites is 1. The summed E-state index contributed by atoms with van der Waals surface area (Å²) in [5.74, 6) is -0.442. The second-order valence-corrected chi connectivity index (χ2v) is 6.29. The number of carbonyl (C=O) groups is 1. The minimum Gasteiger partial charge on any atom is -0.352 e. The molecule has 0 aliphatic rings. The molecule has 6 nitrogen and oxygen atoms in total. The molecule has 0 bridgehead atoms. The van der Waals surface area contributed by atoms with Crippen molar-refractivity contribution in [2.75, 3.05) is 0 Å². The van der Waals surface area contributed by atoms with Crippen LogP contribution in [0.4, 0.5) is 4.39 Å². The third kappa shape index (κ3) is 4.69. The van der Waals surface area contributed by atoms with Crippen molar-refractivity contribution in [2.45, 2.75) is 32.4 Å². The van der Waals surface area contributed by atoms with Gasteiger partial charge in [-0.1, -0.05) is 24.3 Å². The van der Waals surface area contributed by atoms with Crippen molar-refractivity contribution in [1.29, 1.82) is 0 Å². The van der Waals surface area contributed by atoms with E-state index in [2.05, 4.69) is 10.3 Å². The Morgan fingerprint density at radius 3 is 2.56 bits per heavy atom. The lowest BCUT2D eigenvalue weighted by Gasteiger charge is -2.07. The van der Waals surface area contributed by atoms with Crippen molar-refractivity contribution >= 4 is 16.8 Å². The zero-order valence-electron chi connectivity index (χ0n) is 14.7. The highest BCUT2D eigenvalue weighted by Gasteiger charge is 2.07. The van der Waals surface area contributed by atoms with Gasteiger partial charge >= 0.3 is 5.69 Å². The molecule has 0 aliphatic carbocycles. The molecular weight excluding hydrogens is 349 g/mol. The van der Waals surface area contributed by atoms with E-state index in [0.29, 0.717) is 36.7 Å². The Morgan fingerprint density at radius 1 is 1.04 bits per heavy atom. The summed E-state index contributed by atoms with van der Waals surface area (Å²) < 4.78 is 14.0. The fourth-order valence-electron chi connectivity index (χ4n) is 2.85. The van der Waals surface area contributed by atoms with E-state index in [4.69, 9.17) is 0 Å². The number of rotatable bonds is 7. The number of aromatic amines is 1. The number of fused-ring (bicyclic) bond motifs is 1. The topological polar surface area (TPSA) is 84.0 Å². The van der Waals surface area contributed by atoms with Gasteiger partial charge in [0, 0.05) is 19.5 Å². The maximum atomic E-state index is 12.8. The number of halogens is 1. The molecule has 2 aromatic carbocycles. The lowest BCUT2D eigenvalue weighted by Crippen LogP contribution is -2.35. The summed E-state index contributed by atoms with van der Waals surface area (Å²) in [6.07, 6.45) is 1.38. The van der Waals surface area contributed by atoms with Crippen LogP contribution >= 0.6 is 0 Å². The van der Waals surface area contributed by atoms with Gasteiger partial charge in [0.15, 0.2) is 0 Å². The van der Waals surface area contributed by atoms with E-state index in [9.17, 15) is 18.8 Å². The first-order valence-corrected chi connectivity index (χ1v) is 8.77. The molecule has 0 radical (unpaired) electrons. The maximum absolute atomic E-state index is 12.8. The Bertz CT molecular complexity index is 1050. The highest BCUT2D eigenvalue weighted by atomic mass is 19.1. The van der Waals surface area contributed by atoms with Crippen molar-refractivity contribution < 1.29 is 9.18 Å². The standard InChI is InChI=1S/C20H20FN3O3/c21-15-10-8-14(9-11-15)13-22-18(25)7-3-4-12-24-19(26)16-5-1-2-6-17(16)23-20(24)27/h1-2,5-6,8-11H,3-4,7,12-13H2,(H,22,25)(H,23,27). The third-order valence-corrected chi connectivity index (χ3v) is 4.33. The monoisotopic (exact) mass is 369 g/mol. The Labute approximate surface area is 154 Å². The molecule has 0 unspecified atom stereocenters. The second kappa shape index (κ2) is 8.44. The van der Waals surface area contributed by atoms with Crippen LogP contribution in [-0.4, -0.2) is 15.5 Å². The molecule has 1 heterocycles. The number of hydrogen-bond acceptors (Lipinski definition) is 3. The quantitative estimate of drug-likeness (QED) is 0.627. The molecule has 1 aromatic heterocycles. The van der Waals surface area contributed by atoms with Gasteiger partial charge in [0.05, 0.1) is 10.9 Å². The number of hydrogen-bond donors (Lipinski definition) is 2. The molecule has 7 heteroatoms. The first kappa shape index (κ1) is 18.6. The molecule has 0 atom stereocenters. The van der Waals surface area contributed by atoms with Gasteiger partial charge in [0.2, 0.25) is 5.91 Å². The SMILES string of the molecule is O=C(CCCCn1c(=O)[nH]c2ccccc2c1=O)NCc1ccc(F)cc1. The molecular formula is C20H20FN3O3. The summed E-state index contributed by atoms with van der Waals surface area (Å²) in [5, 5.41) is 3.23. The predicted octanol–water partition coefficient (Wildman–Crippen LogP) is 2.32. The number of nitrogens with one attached hydrogen (secondary N) is 2. The van der Waals surface area contributed by atoms with E-state index < -0.39 is 5.69 Å². The van der Waals surface area contributed by atoms with Gasteiger partial charge < -0.3 is 10.3 Å². The molecule has 0 fully saturated rings. The van der Waals surface area contributed by atoms with Gasteiger partial charge in [-0.2, -0.15) is 0 Å². The van der Waals surface area contributed by atoms with E-state index in [1.165, 1.54) is 16.7 Å². The van der Waals surface area contributed by atoms with Gasteiger partial charge in [0.25, 0.3) is 5.56 Å². The van der Waals surface area contributed by atoms with Crippen molar-refractivity contribution in [1.82, 2.24) is 14.9 Å². The van der Waals surface area contributed by atoms with Gasteiger partial charge in [-0.3, -0.25) is 14.2 Å². The van der Waals surface area contributed by atoms with E-state index >= 15 is 0 Å². The molecule has 0 saturated heterocycles. The second-order valence-electron chi connectivity index (χ2n) is 6.29. The number of amides is 1. The van der Waals surface area contributed by atoms with Gasteiger partial charge in [-0.05, 0) is 42.7 Å². The number of nitrogens with zero attached hydrogens (tertiary/aromatic N) is 1.